The zero-order valence-corrected chi connectivity index (χ0v) is 15.2. The van der Waals surface area contributed by atoms with Crippen LogP contribution in [0.4, 0.5) is 10.5 Å². The molecule has 5 heteroatoms. The first-order valence-corrected chi connectivity index (χ1v) is 8.60. The summed E-state index contributed by atoms with van der Waals surface area (Å²) in [6.07, 6.45) is 3.32. The lowest BCUT2D eigenvalue weighted by molar-refractivity contribution is 0.187. The maximum absolute atomic E-state index is 11.5. The number of nitrogens with zero attached hydrogens (tertiary/aromatic N) is 2. The highest BCUT2D eigenvalue weighted by Gasteiger charge is 2.15. The number of anilines is 1. The molecule has 0 saturated heterocycles. The molecule has 134 valence electrons. The van der Waals surface area contributed by atoms with Gasteiger partial charge < -0.3 is 4.74 Å². The largest absolute Gasteiger partial charge is 0.453 e. The van der Waals surface area contributed by atoms with Crippen LogP contribution in [0.15, 0.2) is 61.3 Å². The third-order valence-corrected chi connectivity index (χ3v) is 4.67. The number of imidazole rings is 1. The van der Waals surface area contributed by atoms with Crippen LogP contribution in [0, 0.1) is 6.92 Å². The normalized spacial score (nSPS) is 10.9. The van der Waals surface area contributed by atoms with Gasteiger partial charge in [-0.25, -0.2) is 9.78 Å². The maximum Gasteiger partial charge on any atom is 0.411 e. The molecule has 0 fully saturated rings. The van der Waals surface area contributed by atoms with Crippen molar-refractivity contribution in [2.75, 3.05) is 12.4 Å². The molecule has 27 heavy (non-hydrogen) atoms. The number of hydrogen-bond acceptors (Lipinski definition) is 3. The molecule has 5 nitrogen and oxygen atoms in total. The Bertz CT molecular complexity index is 1190. The highest BCUT2D eigenvalue weighted by atomic mass is 16.5. The van der Waals surface area contributed by atoms with Crippen LogP contribution in [0.5, 0.6) is 0 Å². The van der Waals surface area contributed by atoms with E-state index in [1.165, 1.54) is 7.11 Å². The number of hydrogen-bond donors (Lipinski definition) is 1. The third kappa shape index (κ3) is 2.83. The Balaban J connectivity index is 1.99. The number of amides is 1. The SMILES string of the molecule is C=Cc1c(-c2ccccc2C)nc2c3cc(NC(=O)OC)ccc3ccn12. The van der Waals surface area contributed by atoms with Gasteiger partial charge in [-0.05, 0) is 42.1 Å². The minimum Gasteiger partial charge on any atom is -0.453 e. The zero-order valence-electron chi connectivity index (χ0n) is 15.2. The second kappa shape index (κ2) is 6.61. The third-order valence-electron chi connectivity index (χ3n) is 4.67. The molecular weight excluding hydrogens is 338 g/mol. The Labute approximate surface area is 156 Å². The number of carbonyl (C=O) groups excluding carboxylic acids is 1. The van der Waals surface area contributed by atoms with Crippen LogP contribution in [-0.4, -0.2) is 22.6 Å². The smallest absolute Gasteiger partial charge is 0.411 e. The summed E-state index contributed by atoms with van der Waals surface area (Å²) < 4.78 is 6.71. The van der Waals surface area contributed by atoms with E-state index >= 15 is 0 Å². The molecule has 0 radical (unpaired) electrons. The van der Waals surface area contributed by atoms with Crippen molar-refractivity contribution in [1.82, 2.24) is 9.38 Å². The van der Waals surface area contributed by atoms with Crippen molar-refractivity contribution in [3.63, 3.8) is 0 Å². The number of pyridine rings is 1. The van der Waals surface area contributed by atoms with Crippen molar-refractivity contribution >= 4 is 34.3 Å². The summed E-state index contributed by atoms with van der Waals surface area (Å²) in [6.45, 7) is 6.05. The fourth-order valence-corrected chi connectivity index (χ4v) is 3.31. The van der Waals surface area contributed by atoms with Crippen molar-refractivity contribution in [3.8, 4) is 11.3 Å². The Kier molecular flexibility index (Phi) is 4.12. The fourth-order valence-electron chi connectivity index (χ4n) is 3.31. The molecule has 2 heterocycles. The summed E-state index contributed by atoms with van der Waals surface area (Å²) in [7, 11) is 1.34. The van der Waals surface area contributed by atoms with Gasteiger partial charge in [-0.15, -0.1) is 0 Å². The zero-order chi connectivity index (χ0) is 19.0. The Morgan fingerprint density at radius 1 is 1.22 bits per heavy atom. The summed E-state index contributed by atoms with van der Waals surface area (Å²) in [4.78, 5) is 16.5. The Morgan fingerprint density at radius 2 is 2.04 bits per heavy atom. The molecule has 1 amide bonds. The van der Waals surface area contributed by atoms with Gasteiger partial charge in [0.05, 0.1) is 18.5 Å². The molecule has 0 aliphatic carbocycles. The highest BCUT2D eigenvalue weighted by Crippen LogP contribution is 2.31. The molecule has 0 bridgehead atoms. The van der Waals surface area contributed by atoms with Crippen LogP contribution in [0.1, 0.15) is 11.3 Å². The first-order valence-electron chi connectivity index (χ1n) is 8.60. The van der Waals surface area contributed by atoms with Gasteiger partial charge in [-0.1, -0.05) is 36.9 Å². The second-order valence-electron chi connectivity index (χ2n) is 6.29. The lowest BCUT2D eigenvalue weighted by atomic mass is 10.0. The van der Waals surface area contributed by atoms with Gasteiger partial charge >= 0.3 is 6.09 Å². The predicted octanol–water partition coefficient (Wildman–Crippen LogP) is 5.28. The van der Waals surface area contributed by atoms with Gasteiger partial charge in [0.15, 0.2) is 0 Å². The summed E-state index contributed by atoms with van der Waals surface area (Å²) >= 11 is 0. The molecule has 0 saturated carbocycles. The van der Waals surface area contributed by atoms with Crippen molar-refractivity contribution in [2.45, 2.75) is 6.92 Å². The number of methoxy groups -OCH3 is 1. The van der Waals surface area contributed by atoms with Crippen LogP contribution in [0.3, 0.4) is 0 Å². The average Bonchev–Trinajstić information content (AvgIpc) is 3.07. The summed E-state index contributed by atoms with van der Waals surface area (Å²) in [6, 6.07) is 15.9. The van der Waals surface area contributed by atoms with E-state index in [4.69, 9.17) is 4.98 Å². The minimum absolute atomic E-state index is 0.503. The first kappa shape index (κ1) is 16.8. The molecule has 0 aliphatic rings. The number of carbonyl (C=O) groups is 1. The van der Waals surface area contributed by atoms with E-state index in [0.29, 0.717) is 5.69 Å². The van der Waals surface area contributed by atoms with Crippen LogP contribution in [-0.2, 0) is 4.74 Å². The average molecular weight is 357 g/mol. The van der Waals surface area contributed by atoms with Crippen molar-refractivity contribution in [2.24, 2.45) is 0 Å². The molecule has 4 rings (SSSR count). The number of aryl methyl sites for hydroxylation is 1. The quantitative estimate of drug-likeness (QED) is 0.542. The van der Waals surface area contributed by atoms with Crippen LogP contribution >= 0.6 is 0 Å². The predicted molar refractivity (Wildman–Crippen MR) is 109 cm³/mol. The monoisotopic (exact) mass is 357 g/mol. The lowest BCUT2D eigenvalue weighted by Crippen LogP contribution is -2.10. The number of nitrogens with one attached hydrogen (secondary N) is 1. The van der Waals surface area contributed by atoms with Crippen LogP contribution in [0.25, 0.3) is 33.8 Å². The van der Waals surface area contributed by atoms with Gasteiger partial charge in [0.2, 0.25) is 0 Å². The van der Waals surface area contributed by atoms with Gasteiger partial charge in [-0.3, -0.25) is 9.72 Å². The summed E-state index contributed by atoms with van der Waals surface area (Å²) in [5.41, 5.74) is 5.53. The number of ether oxygens (including phenoxy) is 1. The van der Waals surface area contributed by atoms with E-state index in [0.717, 1.165) is 38.9 Å². The maximum atomic E-state index is 11.5. The van der Waals surface area contributed by atoms with E-state index in [9.17, 15) is 4.79 Å². The van der Waals surface area contributed by atoms with Gasteiger partial charge in [0.25, 0.3) is 0 Å². The Hall–Kier alpha value is -3.60. The number of aromatic nitrogens is 2. The first-order chi connectivity index (χ1) is 13.1. The fraction of sp³-hybridized carbons (Fsp3) is 0.0909. The second-order valence-corrected chi connectivity index (χ2v) is 6.29. The van der Waals surface area contributed by atoms with Crippen LogP contribution in [0.2, 0.25) is 0 Å². The lowest BCUT2D eigenvalue weighted by Gasteiger charge is -2.06. The Morgan fingerprint density at radius 3 is 2.78 bits per heavy atom. The minimum atomic E-state index is -0.503. The molecule has 0 spiro atoms. The number of rotatable bonds is 3. The summed E-state index contributed by atoms with van der Waals surface area (Å²) in [5.74, 6) is 0. The van der Waals surface area contributed by atoms with Crippen molar-refractivity contribution in [1.29, 1.82) is 0 Å². The molecule has 0 unspecified atom stereocenters. The van der Waals surface area contributed by atoms with E-state index in [-0.39, 0.29) is 0 Å². The number of benzene rings is 2. The molecular formula is C22H19N3O2. The molecule has 0 atom stereocenters. The molecule has 0 aliphatic heterocycles. The molecule has 1 N–H and O–H groups in total. The number of fused-ring (bicyclic) bond motifs is 3. The van der Waals surface area contributed by atoms with Crippen LogP contribution < -0.4 is 5.32 Å². The topological polar surface area (TPSA) is 55.6 Å². The highest BCUT2D eigenvalue weighted by molar-refractivity contribution is 5.99. The molecule has 4 aromatic rings. The molecule has 2 aromatic carbocycles. The van der Waals surface area contributed by atoms with Gasteiger partial charge in [0, 0.05) is 22.8 Å². The van der Waals surface area contributed by atoms with E-state index in [1.54, 1.807) is 0 Å². The van der Waals surface area contributed by atoms with Crippen molar-refractivity contribution < 1.29 is 9.53 Å². The van der Waals surface area contributed by atoms with E-state index < -0.39 is 6.09 Å². The van der Waals surface area contributed by atoms with Crippen molar-refractivity contribution in [3.05, 3.63) is 72.6 Å². The van der Waals surface area contributed by atoms with Gasteiger partial charge in [0.1, 0.15) is 5.65 Å². The van der Waals surface area contributed by atoms with E-state index in [1.807, 2.05) is 53.1 Å². The molecule has 2 aromatic heterocycles. The summed E-state index contributed by atoms with van der Waals surface area (Å²) in [5, 5.41) is 4.68. The van der Waals surface area contributed by atoms with Gasteiger partial charge in [-0.2, -0.15) is 0 Å². The standard InChI is InChI=1S/C22H19N3O2/c1-4-19-20(17-8-6-5-7-14(17)2)24-21-18-13-16(23-22(26)27-3)10-9-15(18)11-12-25(19)21/h4-13H,1H2,2-3H3,(H,23,26). The van der Waals surface area contributed by atoms with E-state index in [2.05, 4.69) is 35.7 Å².